The topological polar surface area (TPSA) is 131 Å². The summed E-state index contributed by atoms with van der Waals surface area (Å²) in [7, 11) is 0. The molecule has 34 heavy (non-hydrogen) atoms. The number of rotatable bonds is 0. The zero-order valence-corrected chi connectivity index (χ0v) is 19.5. The summed E-state index contributed by atoms with van der Waals surface area (Å²) in [5.74, 6) is 2.05. The van der Waals surface area contributed by atoms with Gasteiger partial charge in [0.15, 0.2) is 0 Å². The molecule has 0 N–H and O–H groups in total. The number of aromatic nitrogens is 6. The summed E-state index contributed by atoms with van der Waals surface area (Å²) in [6.07, 6.45) is 0. The van der Waals surface area contributed by atoms with Crippen LogP contribution >= 0.6 is 0 Å². The highest BCUT2D eigenvalue weighted by molar-refractivity contribution is 6.30. The first-order chi connectivity index (χ1) is 16.3. The number of hydrogen-bond acceptors (Lipinski definition) is 10. The molecule has 0 aromatic carbocycles. The van der Waals surface area contributed by atoms with Crippen molar-refractivity contribution >= 4 is 35.8 Å². The van der Waals surface area contributed by atoms with E-state index in [-0.39, 0.29) is 0 Å². The van der Waals surface area contributed by atoms with Crippen LogP contribution in [0.25, 0.3) is 0 Å². The number of aliphatic imine (C=N–C) groups is 6. The van der Waals surface area contributed by atoms with Crippen LogP contribution in [-0.2, 0) is 0 Å². The van der Waals surface area contributed by atoms with Crippen molar-refractivity contribution in [3.8, 4) is 0 Å². The van der Waals surface area contributed by atoms with Crippen LogP contribution in [0.4, 0.5) is 0 Å². The lowest BCUT2D eigenvalue weighted by Gasteiger charge is -2.30. The molecule has 0 fully saturated rings. The molecule has 0 saturated carbocycles. The van der Waals surface area contributed by atoms with Crippen LogP contribution in [0.3, 0.4) is 0 Å². The first kappa shape index (κ1) is 20.1. The number of aryl methyl sites for hydroxylation is 6. The van der Waals surface area contributed by atoms with Gasteiger partial charge in [0.1, 0.15) is 0 Å². The Hall–Kier alpha value is -4.55. The van der Waals surface area contributed by atoms with E-state index in [1.807, 2.05) is 59.7 Å². The van der Waals surface area contributed by atoms with Crippen LogP contribution in [0.2, 0.25) is 0 Å². The van der Waals surface area contributed by atoms with E-state index in [2.05, 4.69) is 45.3 Å². The van der Waals surface area contributed by atoms with Gasteiger partial charge in [-0.05, 0) is 59.7 Å². The van der Waals surface area contributed by atoms with Crippen molar-refractivity contribution in [1.82, 2.24) is 34.2 Å². The predicted molar refractivity (Wildman–Crippen MR) is 128 cm³/mol. The summed E-state index contributed by atoms with van der Waals surface area (Å²) < 4.78 is 5.00. The van der Waals surface area contributed by atoms with Gasteiger partial charge in [0.2, 0.25) is 17.9 Å². The molecule has 3 aliphatic rings. The summed E-state index contributed by atoms with van der Waals surface area (Å²) in [6.45, 7) is 11.6. The smallest absolute Gasteiger partial charge is 0.212 e. The summed E-state index contributed by atoms with van der Waals surface area (Å²) >= 11 is 0. The summed E-state index contributed by atoms with van der Waals surface area (Å²) in [5.41, 5.74) is 5.25. The highest BCUT2D eigenvalue weighted by atomic mass is 15.6. The van der Waals surface area contributed by atoms with E-state index < -0.39 is 0 Å². The Balaban J connectivity index is 1.58. The average Bonchev–Trinajstić information content (AvgIpc) is 3.42. The predicted octanol–water partition coefficient (Wildman–Crippen LogP) is 1.55. The Morgan fingerprint density at radius 3 is 0.912 bits per heavy atom. The van der Waals surface area contributed by atoms with Crippen molar-refractivity contribution in [3.63, 3.8) is 0 Å². The molecular formula is C21H21N13. The Labute approximate surface area is 194 Å². The lowest BCUT2D eigenvalue weighted by Crippen LogP contribution is -2.49. The van der Waals surface area contributed by atoms with E-state index in [0.29, 0.717) is 35.8 Å². The first-order valence-electron chi connectivity index (χ1n) is 10.7. The van der Waals surface area contributed by atoms with Crippen LogP contribution in [0.15, 0.2) is 48.2 Å². The zero-order chi connectivity index (χ0) is 23.7. The fraction of sp³-hybridized carbons (Fsp3) is 0.286. The fourth-order valence-corrected chi connectivity index (χ4v) is 4.03. The maximum Gasteiger partial charge on any atom is 0.257 e. The molecule has 0 atom stereocenters. The van der Waals surface area contributed by atoms with Gasteiger partial charge in [0.05, 0.1) is 17.1 Å². The van der Waals surface area contributed by atoms with E-state index in [4.69, 9.17) is 0 Å². The standard InChI is InChI=1S/C21H21N13/c1-10-7-13(4)32(28-10)19-22-16-24-20(33-14(5)8-11(2)29-33)26-18-27-21(25-17(23-19)31(16)18)34-15(6)9-12(3)30-34/h7-9H,1-6H3. The maximum atomic E-state index is 4.67. The lowest BCUT2D eigenvalue weighted by atomic mass is 10.4. The third-order valence-corrected chi connectivity index (χ3v) is 5.40. The Morgan fingerprint density at radius 1 is 0.412 bits per heavy atom. The van der Waals surface area contributed by atoms with Gasteiger partial charge in [0, 0.05) is 17.1 Å². The minimum Gasteiger partial charge on any atom is -0.212 e. The van der Waals surface area contributed by atoms with Crippen molar-refractivity contribution in [1.29, 1.82) is 0 Å². The molecule has 3 aromatic heterocycles. The molecule has 0 aliphatic carbocycles. The highest BCUT2D eigenvalue weighted by Gasteiger charge is 2.37. The van der Waals surface area contributed by atoms with Crippen LogP contribution in [0.1, 0.15) is 34.2 Å². The minimum absolute atomic E-state index is 0.333. The van der Waals surface area contributed by atoms with E-state index in [9.17, 15) is 0 Å². The Bertz CT molecular complexity index is 1380. The molecule has 0 saturated heterocycles. The number of hydrogen-bond donors (Lipinski definition) is 0. The minimum atomic E-state index is 0.333. The fourth-order valence-electron chi connectivity index (χ4n) is 4.03. The van der Waals surface area contributed by atoms with Gasteiger partial charge in [-0.2, -0.15) is 45.3 Å². The van der Waals surface area contributed by atoms with E-state index >= 15 is 0 Å². The van der Waals surface area contributed by atoms with Crippen molar-refractivity contribution in [2.75, 3.05) is 0 Å². The van der Waals surface area contributed by atoms with Crippen LogP contribution in [-0.4, -0.2) is 70.0 Å². The Kier molecular flexibility index (Phi) is 4.12. The molecule has 170 valence electrons. The quantitative estimate of drug-likeness (QED) is 0.509. The molecule has 0 amide bonds. The summed E-state index contributed by atoms with van der Waals surface area (Å²) in [5, 5.41) is 13.6. The molecule has 13 nitrogen and oxygen atoms in total. The second-order valence-corrected chi connectivity index (χ2v) is 8.32. The third-order valence-electron chi connectivity index (χ3n) is 5.40. The zero-order valence-electron chi connectivity index (χ0n) is 19.5. The van der Waals surface area contributed by atoms with Gasteiger partial charge in [-0.25, -0.2) is 18.9 Å². The second kappa shape index (κ2) is 6.97. The van der Waals surface area contributed by atoms with Gasteiger partial charge in [-0.1, -0.05) is 0 Å². The number of guanidine groups is 3. The molecule has 0 spiro atoms. The van der Waals surface area contributed by atoms with Crippen molar-refractivity contribution in [3.05, 3.63) is 52.4 Å². The highest BCUT2D eigenvalue weighted by Crippen LogP contribution is 2.20. The normalized spacial score (nSPS) is 16.9. The molecule has 3 aromatic rings. The molecule has 0 unspecified atom stereocenters. The number of nitrogens with zero attached hydrogens (tertiary/aromatic N) is 13. The Morgan fingerprint density at radius 2 is 0.676 bits per heavy atom. The summed E-state index contributed by atoms with van der Waals surface area (Å²) in [6, 6.07) is 5.87. The molecule has 3 aliphatic heterocycles. The monoisotopic (exact) mass is 455 g/mol. The van der Waals surface area contributed by atoms with Gasteiger partial charge in [-0.3, -0.25) is 0 Å². The molecular weight excluding hydrogens is 434 g/mol. The molecule has 6 heterocycles. The van der Waals surface area contributed by atoms with Gasteiger partial charge in [0.25, 0.3) is 17.9 Å². The SMILES string of the molecule is Cc1cc(C)n(C2=NC3=NC(n4nc(C)cc4C)=NC4=NC(n5nc(C)cc5C)=NC(=N2)N34)n1. The van der Waals surface area contributed by atoms with Crippen molar-refractivity contribution in [2.24, 2.45) is 30.0 Å². The summed E-state index contributed by atoms with van der Waals surface area (Å²) in [4.78, 5) is 29.7. The van der Waals surface area contributed by atoms with E-state index in [0.717, 1.165) is 34.2 Å². The van der Waals surface area contributed by atoms with Crippen LogP contribution in [0.5, 0.6) is 0 Å². The maximum absolute atomic E-state index is 4.67. The van der Waals surface area contributed by atoms with Crippen molar-refractivity contribution in [2.45, 2.75) is 41.5 Å². The average molecular weight is 455 g/mol. The molecule has 0 radical (unpaired) electrons. The van der Waals surface area contributed by atoms with E-state index in [1.54, 1.807) is 18.9 Å². The second-order valence-electron chi connectivity index (χ2n) is 8.32. The van der Waals surface area contributed by atoms with Crippen molar-refractivity contribution < 1.29 is 0 Å². The molecule has 0 bridgehead atoms. The van der Waals surface area contributed by atoms with Crippen LogP contribution in [0, 0.1) is 41.5 Å². The van der Waals surface area contributed by atoms with Crippen LogP contribution < -0.4 is 0 Å². The first-order valence-corrected chi connectivity index (χ1v) is 10.7. The van der Waals surface area contributed by atoms with Gasteiger partial charge < -0.3 is 0 Å². The third kappa shape index (κ3) is 3.04. The largest absolute Gasteiger partial charge is 0.257 e. The van der Waals surface area contributed by atoms with Gasteiger partial charge >= 0.3 is 0 Å². The lowest BCUT2D eigenvalue weighted by molar-refractivity contribution is 0.774. The van der Waals surface area contributed by atoms with E-state index in [1.165, 1.54) is 0 Å². The van der Waals surface area contributed by atoms with Gasteiger partial charge in [-0.15, -0.1) is 0 Å². The molecule has 13 heteroatoms. The molecule has 6 rings (SSSR count).